The summed E-state index contributed by atoms with van der Waals surface area (Å²) in [6.45, 7) is 4.22. The average molecular weight is 273 g/mol. The molecule has 2 aromatic heterocycles. The van der Waals surface area contributed by atoms with E-state index in [2.05, 4.69) is 29.1 Å². The second-order valence-corrected chi connectivity index (χ2v) is 5.06. The summed E-state index contributed by atoms with van der Waals surface area (Å²) in [6.07, 6.45) is 1.90. The first-order valence-corrected chi connectivity index (χ1v) is 6.51. The van der Waals surface area contributed by atoms with Gasteiger partial charge in [0.05, 0.1) is 5.69 Å². The number of hydrogen-bond donors (Lipinski definition) is 0. The fourth-order valence-electron chi connectivity index (χ4n) is 1.99. The van der Waals surface area contributed by atoms with Crippen LogP contribution in [0.3, 0.4) is 0 Å². The van der Waals surface area contributed by atoms with Gasteiger partial charge in [-0.15, -0.1) is 10.2 Å². The molecule has 0 saturated carbocycles. The Balaban J connectivity index is 2.22. The summed E-state index contributed by atoms with van der Waals surface area (Å²) < 4.78 is 1.75. The first-order chi connectivity index (χ1) is 9.16. The summed E-state index contributed by atoms with van der Waals surface area (Å²) in [5.41, 5.74) is 1.03. The van der Waals surface area contributed by atoms with Gasteiger partial charge in [-0.05, 0) is 12.0 Å². The van der Waals surface area contributed by atoms with Crippen LogP contribution in [0.5, 0.6) is 0 Å². The Morgan fingerprint density at radius 3 is 2.47 bits per heavy atom. The first kappa shape index (κ1) is 12.1. The van der Waals surface area contributed by atoms with Gasteiger partial charge in [-0.25, -0.2) is 4.68 Å². The van der Waals surface area contributed by atoms with Crippen LogP contribution >= 0.6 is 11.6 Å². The van der Waals surface area contributed by atoms with E-state index in [1.165, 1.54) is 0 Å². The molecule has 0 saturated heterocycles. The van der Waals surface area contributed by atoms with E-state index < -0.39 is 0 Å². The molecule has 96 valence electrons. The number of halogens is 1. The van der Waals surface area contributed by atoms with Gasteiger partial charge in [-0.1, -0.05) is 49.7 Å². The van der Waals surface area contributed by atoms with E-state index in [1.807, 2.05) is 36.5 Å². The van der Waals surface area contributed by atoms with Crippen LogP contribution in [0.25, 0.3) is 16.6 Å². The lowest BCUT2D eigenvalue weighted by atomic mass is 10.1. The van der Waals surface area contributed by atoms with Gasteiger partial charge in [0.25, 0.3) is 0 Å². The summed E-state index contributed by atoms with van der Waals surface area (Å²) in [4.78, 5) is 0. The molecule has 1 aromatic carbocycles. The Hall–Kier alpha value is -1.94. The molecule has 0 fully saturated rings. The lowest BCUT2D eigenvalue weighted by Gasteiger charge is -2.06. The van der Waals surface area contributed by atoms with Crippen LogP contribution in [0, 0.1) is 0 Å². The summed E-state index contributed by atoms with van der Waals surface area (Å²) >= 11 is 6.07. The van der Waals surface area contributed by atoms with E-state index in [0.29, 0.717) is 16.9 Å². The summed E-state index contributed by atoms with van der Waals surface area (Å²) in [6, 6.07) is 9.79. The Morgan fingerprint density at radius 2 is 1.79 bits per heavy atom. The van der Waals surface area contributed by atoms with E-state index in [9.17, 15) is 0 Å². The van der Waals surface area contributed by atoms with Crippen LogP contribution in [0.2, 0.25) is 5.15 Å². The molecule has 3 aromatic rings. The van der Waals surface area contributed by atoms with Crippen molar-refractivity contribution in [3.8, 4) is 5.82 Å². The minimum atomic E-state index is 0.382. The topological polar surface area (TPSA) is 43.6 Å². The van der Waals surface area contributed by atoms with Crippen LogP contribution in [0.4, 0.5) is 0 Å². The monoisotopic (exact) mass is 272 g/mol. The van der Waals surface area contributed by atoms with E-state index in [4.69, 9.17) is 11.6 Å². The molecule has 0 N–H and O–H groups in total. The number of benzene rings is 1. The number of rotatable bonds is 2. The molecule has 0 unspecified atom stereocenters. The van der Waals surface area contributed by atoms with Gasteiger partial charge in [-0.2, -0.15) is 5.10 Å². The number of nitrogens with zero attached hydrogens (tertiary/aromatic N) is 4. The molecule has 0 atom stereocenters. The predicted molar refractivity (Wildman–Crippen MR) is 75.8 cm³/mol. The lowest BCUT2D eigenvalue weighted by Crippen LogP contribution is -2.02. The Kier molecular flexibility index (Phi) is 2.95. The quantitative estimate of drug-likeness (QED) is 0.716. The van der Waals surface area contributed by atoms with Crippen molar-refractivity contribution >= 4 is 22.4 Å². The molecule has 0 aliphatic rings. The standard InChI is InChI=1S/C14H13ClN4/c1-9(2)12-7-8-19(18-12)14-11-6-4-3-5-10(11)13(15)16-17-14/h3-9H,1-2H3. The number of fused-ring (bicyclic) bond motifs is 1. The molecule has 19 heavy (non-hydrogen) atoms. The summed E-state index contributed by atoms with van der Waals surface area (Å²) in [5, 5.41) is 14.9. The third-order valence-electron chi connectivity index (χ3n) is 3.04. The normalized spacial score (nSPS) is 11.4. The molecule has 5 heteroatoms. The summed E-state index contributed by atoms with van der Waals surface area (Å²) in [7, 11) is 0. The maximum absolute atomic E-state index is 6.07. The fraction of sp³-hybridized carbons (Fsp3) is 0.214. The third kappa shape index (κ3) is 2.08. The highest BCUT2D eigenvalue weighted by Gasteiger charge is 2.11. The number of aromatic nitrogens is 4. The molecule has 0 radical (unpaired) electrons. The zero-order chi connectivity index (χ0) is 13.4. The fourth-order valence-corrected chi connectivity index (χ4v) is 2.19. The largest absolute Gasteiger partial charge is 0.220 e. The summed E-state index contributed by atoms with van der Waals surface area (Å²) in [5.74, 6) is 1.08. The molecule has 4 nitrogen and oxygen atoms in total. The van der Waals surface area contributed by atoms with Gasteiger partial charge in [0.15, 0.2) is 11.0 Å². The highest BCUT2D eigenvalue weighted by molar-refractivity contribution is 6.34. The zero-order valence-electron chi connectivity index (χ0n) is 10.7. The van der Waals surface area contributed by atoms with Crippen molar-refractivity contribution in [1.29, 1.82) is 0 Å². The molecular weight excluding hydrogens is 260 g/mol. The molecule has 0 amide bonds. The van der Waals surface area contributed by atoms with Crippen LogP contribution in [0.15, 0.2) is 36.5 Å². The molecule has 0 bridgehead atoms. The second-order valence-electron chi connectivity index (χ2n) is 4.70. The Labute approximate surface area is 116 Å². The predicted octanol–water partition coefficient (Wildman–Crippen LogP) is 3.59. The first-order valence-electron chi connectivity index (χ1n) is 6.13. The molecule has 0 aliphatic heterocycles. The van der Waals surface area contributed by atoms with Crippen molar-refractivity contribution in [1.82, 2.24) is 20.0 Å². The van der Waals surface area contributed by atoms with Crippen molar-refractivity contribution in [2.75, 3.05) is 0 Å². The highest BCUT2D eigenvalue weighted by Crippen LogP contribution is 2.25. The van der Waals surface area contributed by atoms with E-state index >= 15 is 0 Å². The molecule has 2 heterocycles. The van der Waals surface area contributed by atoms with Crippen molar-refractivity contribution < 1.29 is 0 Å². The van der Waals surface area contributed by atoms with Crippen LogP contribution in [0.1, 0.15) is 25.5 Å². The van der Waals surface area contributed by atoms with Crippen molar-refractivity contribution in [3.63, 3.8) is 0 Å². The van der Waals surface area contributed by atoms with Crippen molar-refractivity contribution in [3.05, 3.63) is 47.4 Å². The lowest BCUT2D eigenvalue weighted by molar-refractivity contribution is 0.752. The van der Waals surface area contributed by atoms with Gasteiger partial charge in [0.1, 0.15) is 0 Å². The molecular formula is C14H13ClN4. The highest BCUT2D eigenvalue weighted by atomic mass is 35.5. The minimum Gasteiger partial charge on any atom is -0.220 e. The van der Waals surface area contributed by atoms with Crippen LogP contribution in [-0.4, -0.2) is 20.0 Å². The third-order valence-corrected chi connectivity index (χ3v) is 3.32. The second kappa shape index (κ2) is 4.63. The smallest absolute Gasteiger partial charge is 0.183 e. The van der Waals surface area contributed by atoms with Gasteiger partial charge >= 0.3 is 0 Å². The van der Waals surface area contributed by atoms with Crippen LogP contribution < -0.4 is 0 Å². The molecule has 3 rings (SSSR count). The van der Waals surface area contributed by atoms with Crippen molar-refractivity contribution in [2.24, 2.45) is 0 Å². The average Bonchev–Trinajstić information content (AvgIpc) is 2.89. The van der Waals surface area contributed by atoms with Crippen molar-refractivity contribution in [2.45, 2.75) is 19.8 Å². The SMILES string of the molecule is CC(C)c1ccn(-c2nnc(Cl)c3ccccc23)n1. The van der Waals surface area contributed by atoms with Gasteiger partial charge in [-0.3, -0.25) is 0 Å². The van der Waals surface area contributed by atoms with Gasteiger partial charge < -0.3 is 0 Å². The van der Waals surface area contributed by atoms with Gasteiger partial charge in [0.2, 0.25) is 0 Å². The van der Waals surface area contributed by atoms with E-state index in [-0.39, 0.29) is 0 Å². The maximum atomic E-state index is 6.07. The van der Waals surface area contributed by atoms with Gasteiger partial charge in [0, 0.05) is 17.0 Å². The Bertz CT molecular complexity index is 733. The number of hydrogen-bond acceptors (Lipinski definition) is 3. The van der Waals surface area contributed by atoms with E-state index in [0.717, 1.165) is 16.5 Å². The molecule has 0 spiro atoms. The minimum absolute atomic E-state index is 0.382. The molecule has 0 aliphatic carbocycles. The maximum Gasteiger partial charge on any atom is 0.183 e. The Morgan fingerprint density at radius 1 is 1.05 bits per heavy atom. The zero-order valence-corrected chi connectivity index (χ0v) is 11.5. The van der Waals surface area contributed by atoms with Crippen LogP contribution in [-0.2, 0) is 0 Å². The van der Waals surface area contributed by atoms with E-state index in [1.54, 1.807) is 4.68 Å².